The molecule has 0 spiro atoms. The maximum Gasteiger partial charge on any atom is 0.206 e. The second-order valence-corrected chi connectivity index (χ2v) is 2.45. The first-order valence-electron chi connectivity index (χ1n) is 3.45. The highest BCUT2D eigenvalue weighted by molar-refractivity contribution is 5.14. The molecule has 2 aliphatic rings. The maximum atomic E-state index is 10.3. The van der Waals surface area contributed by atoms with Crippen LogP contribution >= 0.6 is 0 Å². The summed E-state index contributed by atoms with van der Waals surface area (Å²) in [4.78, 5) is 25.1. The van der Waals surface area contributed by atoms with Crippen molar-refractivity contribution >= 4 is 0 Å². The standard InChI is InChI=1S/C4H6N6O3/c11-7-1-2(8-12)6-4-3(5-1)9-13-10-4/h1-2,5-6,9-10H. The van der Waals surface area contributed by atoms with Gasteiger partial charge in [-0.3, -0.25) is 0 Å². The summed E-state index contributed by atoms with van der Waals surface area (Å²) in [6, 6.07) is 0. The van der Waals surface area contributed by atoms with Gasteiger partial charge in [0.2, 0.25) is 12.3 Å². The summed E-state index contributed by atoms with van der Waals surface area (Å²) in [6.07, 6.45) is -1.88. The highest BCUT2D eigenvalue weighted by atomic mass is 16.8. The first-order chi connectivity index (χ1) is 6.35. The molecule has 2 heterocycles. The predicted octanol–water partition coefficient (Wildman–Crippen LogP) is -1.47. The van der Waals surface area contributed by atoms with Crippen LogP contribution in [0.3, 0.4) is 0 Å². The van der Waals surface area contributed by atoms with Crippen LogP contribution < -0.4 is 21.6 Å². The van der Waals surface area contributed by atoms with E-state index in [4.69, 9.17) is 0 Å². The Labute approximate surface area is 71.7 Å². The van der Waals surface area contributed by atoms with Crippen molar-refractivity contribution < 1.29 is 4.94 Å². The van der Waals surface area contributed by atoms with Crippen molar-refractivity contribution in [2.75, 3.05) is 0 Å². The van der Waals surface area contributed by atoms with Crippen LogP contribution in [0.4, 0.5) is 0 Å². The largest absolute Gasteiger partial charge is 0.339 e. The number of nitroso groups, excluding NO2 is 2. The molecule has 0 aliphatic carbocycles. The lowest BCUT2D eigenvalue weighted by atomic mass is 10.3. The second kappa shape index (κ2) is 2.86. The van der Waals surface area contributed by atoms with E-state index in [0.29, 0.717) is 11.6 Å². The minimum absolute atomic E-state index is 0.421. The summed E-state index contributed by atoms with van der Waals surface area (Å²) >= 11 is 0. The van der Waals surface area contributed by atoms with Gasteiger partial charge in [-0.1, -0.05) is 0 Å². The van der Waals surface area contributed by atoms with E-state index in [9.17, 15) is 9.81 Å². The molecular weight excluding hydrogens is 180 g/mol. The van der Waals surface area contributed by atoms with Gasteiger partial charge >= 0.3 is 0 Å². The zero-order chi connectivity index (χ0) is 9.26. The lowest BCUT2D eigenvalue weighted by molar-refractivity contribution is 0.0211. The van der Waals surface area contributed by atoms with Gasteiger partial charge in [0.15, 0.2) is 11.6 Å². The van der Waals surface area contributed by atoms with Crippen molar-refractivity contribution in [1.29, 1.82) is 0 Å². The SMILES string of the molecule is O=NC1NC2=C(NON2)NC1N=O. The van der Waals surface area contributed by atoms with E-state index in [-0.39, 0.29) is 0 Å². The van der Waals surface area contributed by atoms with E-state index >= 15 is 0 Å². The van der Waals surface area contributed by atoms with Crippen molar-refractivity contribution in [2.24, 2.45) is 10.4 Å². The van der Waals surface area contributed by atoms with Crippen molar-refractivity contribution in [3.63, 3.8) is 0 Å². The summed E-state index contributed by atoms with van der Waals surface area (Å²) in [5, 5.41) is 10.6. The van der Waals surface area contributed by atoms with E-state index in [2.05, 4.69) is 36.9 Å². The molecule has 0 saturated heterocycles. The number of rotatable bonds is 2. The van der Waals surface area contributed by atoms with Crippen LogP contribution in [0, 0.1) is 9.81 Å². The monoisotopic (exact) mass is 186 g/mol. The molecule has 0 aromatic rings. The number of hydrogen-bond acceptors (Lipinski definition) is 9. The smallest absolute Gasteiger partial charge is 0.206 e. The summed E-state index contributed by atoms with van der Waals surface area (Å²) in [5.74, 6) is 0.842. The number of nitrogens with one attached hydrogen (secondary N) is 4. The van der Waals surface area contributed by atoms with Crippen LogP contribution in [-0.2, 0) is 4.94 Å². The van der Waals surface area contributed by atoms with Crippen LogP contribution in [0.5, 0.6) is 0 Å². The van der Waals surface area contributed by atoms with Crippen LogP contribution in [0.1, 0.15) is 0 Å². The van der Waals surface area contributed by atoms with Crippen molar-refractivity contribution in [2.45, 2.75) is 12.3 Å². The van der Waals surface area contributed by atoms with Gasteiger partial charge in [-0.2, -0.15) is 4.94 Å². The Hall–Kier alpha value is -1.90. The van der Waals surface area contributed by atoms with Crippen LogP contribution in [0.15, 0.2) is 22.0 Å². The first kappa shape index (κ1) is 7.73. The number of hydroxylamine groups is 2. The fraction of sp³-hybridized carbons (Fsp3) is 0.500. The van der Waals surface area contributed by atoms with Gasteiger partial charge in [0.25, 0.3) is 0 Å². The Bertz CT molecular complexity index is 251. The molecule has 0 amide bonds. The molecule has 4 N–H and O–H groups in total. The average Bonchev–Trinajstić information content (AvgIpc) is 2.62. The minimum atomic E-state index is -0.938. The maximum absolute atomic E-state index is 10.3. The van der Waals surface area contributed by atoms with E-state index in [1.807, 2.05) is 0 Å². The molecule has 0 aromatic carbocycles. The molecule has 9 nitrogen and oxygen atoms in total. The molecule has 9 heteroatoms. The normalized spacial score (nSPS) is 30.5. The Kier molecular flexibility index (Phi) is 1.70. The Balaban J connectivity index is 2.19. The topological polar surface area (TPSA) is 116 Å². The number of hydrogen-bond donors (Lipinski definition) is 4. The van der Waals surface area contributed by atoms with Crippen LogP contribution in [0.2, 0.25) is 0 Å². The quantitative estimate of drug-likeness (QED) is 0.389. The van der Waals surface area contributed by atoms with Crippen molar-refractivity contribution in [3.8, 4) is 0 Å². The lowest BCUT2D eigenvalue weighted by Crippen LogP contribution is -2.51. The van der Waals surface area contributed by atoms with Gasteiger partial charge in [-0.25, -0.2) is 11.0 Å². The first-order valence-corrected chi connectivity index (χ1v) is 3.45. The van der Waals surface area contributed by atoms with E-state index in [0.717, 1.165) is 0 Å². The zero-order valence-corrected chi connectivity index (χ0v) is 6.27. The molecule has 0 saturated carbocycles. The third-order valence-electron chi connectivity index (χ3n) is 1.67. The molecule has 70 valence electrons. The second-order valence-electron chi connectivity index (χ2n) is 2.45. The van der Waals surface area contributed by atoms with Gasteiger partial charge in [0.1, 0.15) is 0 Å². The zero-order valence-electron chi connectivity index (χ0n) is 6.27. The molecule has 2 aliphatic heterocycles. The van der Waals surface area contributed by atoms with Gasteiger partial charge in [-0.05, 0) is 10.4 Å². The molecule has 0 fully saturated rings. The van der Waals surface area contributed by atoms with Gasteiger partial charge in [0.05, 0.1) is 0 Å². The highest BCUT2D eigenvalue weighted by Crippen LogP contribution is 2.11. The lowest BCUT2D eigenvalue weighted by Gasteiger charge is -2.24. The summed E-state index contributed by atoms with van der Waals surface area (Å²) in [6.45, 7) is 0. The average molecular weight is 186 g/mol. The molecule has 0 bridgehead atoms. The Morgan fingerprint density at radius 3 is 1.85 bits per heavy atom. The molecule has 2 unspecified atom stereocenters. The fourth-order valence-corrected chi connectivity index (χ4v) is 1.05. The van der Waals surface area contributed by atoms with Crippen molar-refractivity contribution in [1.82, 2.24) is 21.6 Å². The molecular formula is C4H6N6O3. The van der Waals surface area contributed by atoms with Gasteiger partial charge in [-0.15, -0.1) is 9.81 Å². The Morgan fingerprint density at radius 2 is 1.46 bits per heavy atom. The highest BCUT2D eigenvalue weighted by Gasteiger charge is 2.33. The predicted molar refractivity (Wildman–Crippen MR) is 39.8 cm³/mol. The molecule has 0 aromatic heterocycles. The third-order valence-corrected chi connectivity index (χ3v) is 1.67. The van der Waals surface area contributed by atoms with E-state index < -0.39 is 12.3 Å². The number of nitrogens with zero attached hydrogens (tertiary/aromatic N) is 2. The van der Waals surface area contributed by atoms with E-state index in [1.165, 1.54) is 0 Å². The summed E-state index contributed by atoms with van der Waals surface area (Å²) in [7, 11) is 0. The van der Waals surface area contributed by atoms with Crippen LogP contribution in [-0.4, -0.2) is 12.3 Å². The minimum Gasteiger partial charge on any atom is -0.339 e. The fourth-order valence-electron chi connectivity index (χ4n) is 1.05. The summed E-state index contributed by atoms with van der Waals surface area (Å²) in [5.41, 5.74) is 4.84. The van der Waals surface area contributed by atoms with Crippen LogP contribution in [0.25, 0.3) is 0 Å². The molecule has 0 radical (unpaired) electrons. The third kappa shape index (κ3) is 1.14. The molecule has 2 atom stereocenters. The van der Waals surface area contributed by atoms with Crippen molar-refractivity contribution in [3.05, 3.63) is 21.5 Å². The van der Waals surface area contributed by atoms with E-state index in [1.54, 1.807) is 0 Å². The van der Waals surface area contributed by atoms with Gasteiger partial charge in [0, 0.05) is 0 Å². The molecule has 13 heavy (non-hydrogen) atoms. The summed E-state index contributed by atoms with van der Waals surface area (Å²) < 4.78 is 0. The molecule has 2 rings (SSSR count). The van der Waals surface area contributed by atoms with Gasteiger partial charge < -0.3 is 10.6 Å². The Morgan fingerprint density at radius 1 is 1.00 bits per heavy atom.